The summed E-state index contributed by atoms with van der Waals surface area (Å²) in [7, 11) is 0. The first-order valence-electron chi connectivity index (χ1n) is 14.8. The first kappa shape index (κ1) is 24.1. The average molecular weight is 550 g/mol. The molecule has 202 valence electrons. The zero-order chi connectivity index (χ0) is 28.5. The van der Waals surface area contributed by atoms with Crippen molar-refractivity contribution in [1.82, 2.24) is 14.5 Å². The third-order valence-electron chi connectivity index (χ3n) is 9.30. The molecular weight excluding hydrogens is 522 g/mol. The van der Waals surface area contributed by atoms with Gasteiger partial charge in [-0.05, 0) is 41.3 Å². The van der Waals surface area contributed by atoms with Gasteiger partial charge >= 0.3 is 0 Å². The number of fused-ring (bicyclic) bond motifs is 8. The lowest BCUT2D eigenvalue weighted by Crippen LogP contribution is -2.22. The van der Waals surface area contributed by atoms with Gasteiger partial charge in [-0.1, -0.05) is 133 Å². The first-order valence-corrected chi connectivity index (χ1v) is 14.8. The molecule has 0 N–H and O–H groups in total. The van der Waals surface area contributed by atoms with Gasteiger partial charge in [0, 0.05) is 32.7 Å². The molecule has 8 aromatic rings. The van der Waals surface area contributed by atoms with Gasteiger partial charge in [-0.3, -0.25) is 4.57 Å². The van der Waals surface area contributed by atoms with E-state index in [2.05, 4.69) is 151 Å². The maximum atomic E-state index is 5.34. The largest absolute Gasteiger partial charge is 0.277 e. The fourth-order valence-corrected chi connectivity index (χ4v) is 7.30. The van der Waals surface area contributed by atoms with E-state index < -0.39 is 0 Å². The van der Waals surface area contributed by atoms with Crippen molar-refractivity contribution in [1.29, 1.82) is 0 Å². The number of hydrogen-bond acceptors (Lipinski definition) is 2. The molecule has 3 heteroatoms. The Morgan fingerprint density at radius 3 is 2.05 bits per heavy atom. The molecular formula is C40H27N3. The number of benzene rings is 6. The van der Waals surface area contributed by atoms with Crippen molar-refractivity contribution in [3.63, 3.8) is 0 Å². The van der Waals surface area contributed by atoms with Gasteiger partial charge in [-0.2, -0.15) is 0 Å². The molecule has 0 saturated carbocycles. The van der Waals surface area contributed by atoms with Crippen molar-refractivity contribution < 1.29 is 0 Å². The van der Waals surface area contributed by atoms with Crippen LogP contribution >= 0.6 is 0 Å². The van der Waals surface area contributed by atoms with Crippen LogP contribution in [-0.2, 0) is 5.41 Å². The lowest BCUT2D eigenvalue weighted by Gasteiger charge is -2.28. The van der Waals surface area contributed by atoms with E-state index in [1.165, 1.54) is 38.6 Å². The predicted octanol–water partition coefficient (Wildman–Crippen LogP) is 9.73. The maximum Gasteiger partial charge on any atom is 0.235 e. The average Bonchev–Trinajstić information content (AvgIpc) is 3.55. The molecule has 0 fully saturated rings. The quantitative estimate of drug-likeness (QED) is 0.220. The van der Waals surface area contributed by atoms with Gasteiger partial charge in [-0.25, -0.2) is 9.97 Å². The third kappa shape index (κ3) is 3.30. The monoisotopic (exact) mass is 549 g/mol. The van der Waals surface area contributed by atoms with Crippen molar-refractivity contribution in [3.05, 3.63) is 162 Å². The molecule has 0 bridgehead atoms. The van der Waals surface area contributed by atoms with Crippen molar-refractivity contribution in [2.24, 2.45) is 0 Å². The van der Waals surface area contributed by atoms with Crippen LogP contribution in [0.15, 0.2) is 146 Å². The van der Waals surface area contributed by atoms with Gasteiger partial charge in [0.2, 0.25) is 5.95 Å². The van der Waals surface area contributed by atoms with Crippen LogP contribution in [0.3, 0.4) is 0 Å². The molecule has 9 rings (SSSR count). The zero-order valence-electron chi connectivity index (χ0n) is 23.7. The number of para-hydroxylation sites is 2. The van der Waals surface area contributed by atoms with Crippen LogP contribution < -0.4 is 0 Å². The maximum absolute atomic E-state index is 5.34. The van der Waals surface area contributed by atoms with E-state index in [-0.39, 0.29) is 5.41 Å². The molecule has 2 aromatic heterocycles. The molecule has 1 aliphatic carbocycles. The minimum Gasteiger partial charge on any atom is -0.277 e. The van der Waals surface area contributed by atoms with Crippen LogP contribution in [0.2, 0.25) is 0 Å². The van der Waals surface area contributed by atoms with Gasteiger partial charge in [0.15, 0.2) is 0 Å². The van der Waals surface area contributed by atoms with E-state index in [1.54, 1.807) is 0 Å². The Hall–Kier alpha value is -5.54. The molecule has 6 aromatic carbocycles. The van der Waals surface area contributed by atoms with Crippen molar-refractivity contribution in [3.8, 4) is 28.3 Å². The Balaban J connectivity index is 1.45. The standard InChI is InChI=1S/C40H27N3/c1-40(27-16-6-3-7-17-27)32-21-11-8-19-30(32)36-33(40)25-24-29-28-18-10-13-23-35(28)43(38(29)36)39-41-34-22-12-9-20-31(34)37(42-39)26-14-4-2-5-15-26/h2-25H,1H3. The molecule has 1 atom stereocenters. The van der Waals surface area contributed by atoms with Crippen LogP contribution in [0.5, 0.6) is 0 Å². The second kappa shape index (κ2) is 8.98. The summed E-state index contributed by atoms with van der Waals surface area (Å²) in [5.41, 5.74) is 11.4. The summed E-state index contributed by atoms with van der Waals surface area (Å²) in [4.78, 5) is 10.6. The van der Waals surface area contributed by atoms with E-state index >= 15 is 0 Å². The lowest BCUT2D eigenvalue weighted by molar-refractivity contribution is 0.714. The summed E-state index contributed by atoms with van der Waals surface area (Å²) in [6.07, 6.45) is 0. The Kier molecular flexibility index (Phi) is 5.03. The van der Waals surface area contributed by atoms with Gasteiger partial charge in [0.1, 0.15) is 0 Å². The Labute approximate surface area is 249 Å². The topological polar surface area (TPSA) is 30.7 Å². The molecule has 0 aliphatic heterocycles. The predicted molar refractivity (Wildman–Crippen MR) is 177 cm³/mol. The van der Waals surface area contributed by atoms with Gasteiger partial charge < -0.3 is 0 Å². The fourth-order valence-electron chi connectivity index (χ4n) is 7.30. The molecule has 0 saturated heterocycles. The summed E-state index contributed by atoms with van der Waals surface area (Å²) in [6, 6.07) is 51.8. The fraction of sp³-hybridized carbons (Fsp3) is 0.0500. The molecule has 1 unspecified atom stereocenters. The number of rotatable bonds is 3. The van der Waals surface area contributed by atoms with E-state index in [0.717, 1.165) is 33.2 Å². The smallest absolute Gasteiger partial charge is 0.235 e. The summed E-state index contributed by atoms with van der Waals surface area (Å²) < 4.78 is 2.30. The normalized spacial score (nSPS) is 15.7. The van der Waals surface area contributed by atoms with Crippen LogP contribution in [0.4, 0.5) is 0 Å². The van der Waals surface area contributed by atoms with Crippen molar-refractivity contribution in [2.45, 2.75) is 12.3 Å². The Bertz CT molecular complexity index is 2350. The second-order valence-corrected chi connectivity index (χ2v) is 11.5. The minimum atomic E-state index is -0.290. The van der Waals surface area contributed by atoms with Crippen LogP contribution in [0.1, 0.15) is 23.6 Å². The summed E-state index contributed by atoms with van der Waals surface area (Å²) in [5.74, 6) is 0.683. The van der Waals surface area contributed by atoms with Crippen LogP contribution in [-0.4, -0.2) is 14.5 Å². The zero-order valence-corrected chi connectivity index (χ0v) is 23.7. The van der Waals surface area contributed by atoms with E-state index in [9.17, 15) is 0 Å². The number of aromatic nitrogens is 3. The highest BCUT2D eigenvalue weighted by Gasteiger charge is 2.42. The second-order valence-electron chi connectivity index (χ2n) is 11.5. The summed E-state index contributed by atoms with van der Waals surface area (Å²) in [5, 5.41) is 3.45. The lowest BCUT2D eigenvalue weighted by atomic mass is 9.74. The van der Waals surface area contributed by atoms with E-state index in [4.69, 9.17) is 9.97 Å². The van der Waals surface area contributed by atoms with Crippen LogP contribution in [0, 0.1) is 0 Å². The van der Waals surface area contributed by atoms with E-state index in [0.29, 0.717) is 5.95 Å². The number of nitrogens with zero attached hydrogens (tertiary/aromatic N) is 3. The third-order valence-corrected chi connectivity index (χ3v) is 9.30. The minimum absolute atomic E-state index is 0.290. The molecule has 0 amide bonds. The van der Waals surface area contributed by atoms with E-state index in [1.807, 2.05) is 6.07 Å². The Morgan fingerprint density at radius 2 is 1.21 bits per heavy atom. The highest BCUT2D eigenvalue weighted by Crippen LogP contribution is 2.55. The highest BCUT2D eigenvalue weighted by atomic mass is 15.2. The molecule has 0 spiro atoms. The summed E-state index contributed by atoms with van der Waals surface area (Å²) in [6.45, 7) is 2.37. The van der Waals surface area contributed by atoms with Gasteiger partial charge in [0.05, 0.1) is 22.2 Å². The van der Waals surface area contributed by atoms with Crippen LogP contribution in [0.25, 0.3) is 61.0 Å². The van der Waals surface area contributed by atoms with Gasteiger partial charge in [0.25, 0.3) is 0 Å². The van der Waals surface area contributed by atoms with Crippen molar-refractivity contribution in [2.75, 3.05) is 0 Å². The molecule has 1 aliphatic rings. The first-order chi connectivity index (χ1) is 21.2. The van der Waals surface area contributed by atoms with Crippen molar-refractivity contribution >= 4 is 32.7 Å². The summed E-state index contributed by atoms with van der Waals surface area (Å²) >= 11 is 0. The molecule has 43 heavy (non-hydrogen) atoms. The molecule has 0 radical (unpaired) electrons. The number of hydrogen-bond donors (Lipinski definition) is 0. The SMILES string of the molecule is CC1(c2ccccc2)c2ccccc2-c2c1ccc1c3ccccc3n(-c3nc(-c4ccccc4)c4ccccc4n3)c21. The molecule has 3 nitrogen and oxygen atoms in total. The molecule has 2 heterocycles. The van der Waals surface area contributed by atoms with Gasteiger partial charge in [-0.15, -0.1) is 0 Å². The highest BCUT2D eigenvalue weighted by molar-refractivity contribution is 6.15. The Morgan fingerprint density at radius 1 is 0.535 bits per heavy atom.